The molecule has 1 aliphatic rings. The predicted octanol–water partition coefficient (Wildman–Crippen LogP) is 4.67. The molecular formula is C16H19NO2S2. The summed E-state index contributed by atoms with van der Waals surface area (Å²) >= 11 is 3.11. The molecule has 5 heteroatoms. The van der Waals surface area contributed by atoms with Crippen molar-refractivity contribution in [3.8, 4) is 0 Å². The second-order valence-corrected chi connectivity index (χ2v) is 7.98. The van der Waals surface area contributed by atoms with Crippen LogP contribution < -0.4 is 0 Å². The van der Waals surface area contributed by atoms with E-state index < -0.39 is 11.9 Å². The summed E-state index contributed by atoms with van der Waals surface area (Å²) in [6.07, 6.45) is 0. The van der Waals surface area contributed by atoms with E-state index in [9.17, 15) is 9.90 Å². The van der Waals surface area contributed by atoms with Gasteiger partial charge < -0.3 is 5.11 Å². The molecular weight excluding hydrogens is 302 g/mol. The highest BCUT2D eigenvalue weighted by Gasteiger charge is 2.31. The number of carboxylic acid groups (broad SMARTS) is 1. The van der Waals surface area contributed by atoms with Crippen LogP contribution in [0.3, 0.4) is 0 Å². The molecule has 1 heterocycles. The van der Waals surface area contributed by atoms with Gasteiger partial charge in [0.15, 0.2) is 0 Å². The molecule has 0 saturated carbocycles. The van der Waals surface area contributed by atoms with E-state index in [1.807, 2.05) is 39.0 Å². The number of rotatable bonds is 3. The summed E-state index contributed by atoms with van der Waals surface area (Å²) in [5.74, 6) is -1.34. The molecule has 0 amide bonds. The molecule has 3 nitrogen and oxygen atoms in total. The number of aliphatic carboxylic acids is 1. The second-order valence-electron chi connectivity index (χ2n) is 5.61. The third-order valence-electron chi connectivity index (χ3n) is 3.55. The van der Waals surface area contributed by atoms with Crippen molar-refractivity contribution in [2.75, 3.05) is 0 Å². The molecule has 1 N–H and O–H groups in total. The lowest BCUT2D eigenvalue weighted by atomic mass is 9.96. The van der Waals surface area contributed by atoms with E-state index in [1.54, 1.807) is 18.7 Å². The fourth-order valence-electron chi connectivity index (χ4n) is 2.10. The zero-order chi connectivity index (χ0) is 15.8. The van der Waals surface area contributed by atoms with Crippen molar-refractivity contribution in [1.82, 2.24) is 0 Å². The molecule has 0 bridgehead atoms. The first-order chi connectivity index (χ1) is 9.72. The Morgan fingerprint density at radius 3 is 2.67 bits per heavy atom. The molecule has 21 heavy (non-hydrogen) atoms. The highest BCUT2D eigenvalue weighted by Crippen LogP contribution is 2.44. The first kappa shape index (κ1) is 16.2. The minimum atomic E-state index is -0.808. The quantitative estimate of drug-likeness (QED) is 0.879. The largest absolute Gasteiger partial charge is 0.481 e. The molecule has 2 rings (SSSR count). The molecule has 0 aliphatic carbocycles. The summed E-state index contributed by atoms with van der Waals surface area (Å²) in [5, 5.41) is 9.31. The number of hydrogen-bond donors (Lipinski definition) is 1. The van der Waals surface area contributed by atoms with Gasteiger partial charge in [-0.15, -0.1) is 0 Å². The maximum absolute atomic E-state index is 11.3. The number of nitrogens with zero attached hydrogens (tertiary/aromatic N) is 1. The van der Waals surface area contributed by atoms with Crippen LogP contribution in [0, 0.1) is 6.92 Å². The normalized spacial score (nSPS) is 18.5. The van der Waals surface area contributed by atoms with Crippen molar-refractivity contribution in [2.24, 2.45) is 4.99 Å². The van der Waals surface area contributed by atoms with Crippen molar-refractivity contribution < 1.29 is 9.90 Å². The molecule has 1 aliphatic heterocycles. The van der Waals surface area contributed by atoms with Gasteiger partial charge in [0.25, 0.3) is 0 Å². The highest BCUT2D eigenvalue weighted by atomic mass is 32.2. The van der Waals surface area contributed by atoms with Crippen molar-refractivity contribution in [1.29, 1.82) is 0 Å². The van der Waals surface area contributed by atoms with Crippen LogP contribution in [0.5, 0.6) is 0 Å². The Bertz CT molecular complexity index is 635. The standard InChI is InChI=1S/C16H19NO2S2/c1-9-7-6-8-12(13(9)10(2)14(18)19)21-15-17-16(4,5)11(3)20-15/h6-8,10H,3H2,1-2,4-5H3,(H,18,19). The lowest BCUT2D eigenvalue weighted by Gasteiger charge is -2.15. The van der Waals surface area contributed by atoms with Crippen LogP contribution in [-0.4, -0.2) is 21.0 Å². The smallest absolute Gasteiger partial charge is 0.310 e. The maximum atomic E-state index is 11.3. The van der Waals surface area contributed by atoms with E-state index in [1.165, 1.54) is 11.8 Å². The molecule has 1 unspecified atom stereocenters. The Labute approximate surface area is 133 Å². The summed E-state index contributed by atoms with van der Waals surface area (Å²) in [5.41, 5.74) is 1.61. The van der Waals surface area contributed by atoms with Gasteiger partial charge >= 0.3 is 5.97 Å². The molecule has 1 atom stereocenters. The van der Waals surface area contributed by atoms with Gasteiger partial charge in [0.1, 0.15) is 4.38 Å². The van der Waals surface area contributed by atoms with Crippen molar-refractivity contribution in [3.63, 3.8) is 0 Å². The summed E-state index contributed by atoms with van der Waals surface area (Å²) in [4.78, 5) is 18.0. The molecule has 0 radical (unpaired) electrons. The Morgan fingerprint density at radius 2 is 2.14 bits per heavy atom. The Kier molecular flexibility index (Phi) is 4.54. The number of hydrogen-bond acceptors (Lipinski definition) is 4. The van der Waals surface area contributed by atoms with Gasteiger partial charge in [0.05, 0.1) is 11.5 Å². The van der Waals surface area contributed by atoms with E-state index in [0.29, 0.717) is 0 Å². The summed E-state index contributed by atoms with van der Waals surface area (Å²) < 4.78 is 0.925. The van der Waals surface area contributed by atoms with Gasteiger partial charge in [0.2, 0.25) is 0 Å². The number of aliphatic imine (C=N–C) groups is 1. The van der Waals surface area contributed by atoms with Gasteiger partial charge in [-0.25, -0.2) is 0 Å². The fourth-order valence-corrected chi connectivity index (χ4v) is 4.68. The molecule has 0 saturated heterocycles. The van der Waals surface area contributed by atoms with Crippen LogP contribution in [0.4, 0.5) is 0 Å². The first-order valence-electron chi connectivity index (χ1n) is 6.69. The third kappa shape index (κ3) is 3.35. The highest BCUT2D eigenvalue weighted by molar-refractivity contribution is 8.40. The first-order valence-corrected chi connectivity index (χ1v) is 8.33. The predicted molar refractivity (Wildman–Crippen MR) is 91.3 cm³/mol. The zero-order valence-corrected chi connectivity index (χ0v) is 14.3. The van der Waals surface area contributed by atoms with E-state index in [-0.39, 0.29) is 5.54 Å². The molecule has 112 valence electrons. The lowest BCUT2D eigenvalue weighted by Crippen LogP contribution is -2.12. The topological polar surface area (TPSA) is 49.7 Å². The van der Waals surface area contributed by atoms with E-state index in [4.69, 9.17) is 0 Å². The molecule has 0 aromatic heterocycles. The number of aryl methyl sites for hydroxylation is 1. The van der Waals surface area contributed by atoms with Gasteiger partial charge in [-0.3, -0.25) is 9.79 Å². The Balaban J connectivity index is 2.36. The molecule has 0 spiro atoms. The third-order valence-corrected chi connectivity index (χ3v) is 5.90. The zero-order valence-electron chi connectivity index (χ0n) is 12.6. The number of carboxylic acids is 1. The molecule has 1 aromatic rings. The van der Waals surface area contributed by atoms with Crippen LogP contribution >= 0.6 is 23.5 Å². The van der Waals surface area contributed by atoms with Crippen LogP contribution in [0.1, 0.15) is 37.8 Å². The maximum Gasteiger partial charge on any atom is 0.310 e. The number of benzene rings is 1. The summed E-state index contributed by atoms with van der Waals surface area (Å²) in [6, 6.07) is 5.87. The van der Waals surface area contributed by atoms with Crippen LogP contribution in [0.2, 0.25) is 0 Å². The minimum Gasteiger partial charge on any atom is -0.481 e. The summed E-state index contributed by atoms with van der Waals surface area (Å²) in [7, 11) is 0. The van der Waals surface area contributed by atoms with E-state index in [0.717, 1.165) is 25.3 Å². The lowest BCUT2D eigenvalue weighted by molar-refractivity contribution is -0.138. The van der Waals surface area contributed by atoms with Crippen LogP contribution in [0.25, 0.3) is 0 Å². The minimum absolute atomic E-state index is 0.255. The van der Waals surface area contributed by atoms with Crippen molar-refractivity contribution >= 4 is 33.9 Å². The Hall–Kier alpha value is -1.20. The fraction of sp³-hybridized carbons (Fsp3) is 0.375. The number of carbonyl (C=O) groups is 1. The SMILES string of the molecule is C=C1SC(Sc2cccc(C)c2C(C)C(=O)O)=NC1(C)C. The monoisotopic (exact) mass is 321 g/mol. The molecule has 0 fully saturated rings. The van der Waals surface area contributed by atoms with Crippen LogP contribution in [-0.2, 0) is 4.79 Å². The average Bonchev–Trinajstić information content (AvgIpc) is 2.62. The summed E-state index contributed by atoms with van der Waals surface area (Å²) in [6.45, 7) is 11.8. The van der Waals surface area contributed by atoms with Crippen molar-refractivity contribution in [3.05, 3.63) is 40.8 Å². The molecule has 1 aromatic carbocycles. The van der Waals surface area contributed by atoms with Gasteiger partial charge in [0, 0.05) is 9.80 Å². The van der Waals surface area contributed by atoms with Gasteiger partial charge in [-0.2, -0.15) is 0 Å². The Morgan fingerprint density at radius 1 is 1.48 bits per heavy atom. The van der Waals surface area contributed by atoms with Crippen LogP contribution in [0.15, 0.2) is 39.6 Å². The van der Waals surface area contributed by atoms with E-state index >= 15 is 0 Å². The van der Waals surface area contributed by atoms with Crippen molar-refractivity contribution in [2.45, 2.75) is 44.0 Å². The van der Waals surface area contributed by atoms with Gasteiger partial charge in [-0.1, -0.05) is 42.2 Å². The van der Waals surface area contributed by atoms with E-state index in [2.05, 4.69) is 11.6 Å². The average molecular weight is 321 g/mol. The number of thioether (sulfide) groups is 2. The van der Waals surface area contributed by atoms with Gasteiger partial charge in [-0.05, 0) is 44.9 Å². The second kappa shape index (κ2) is 5.89.